The van der Waals surface area contributed by atoms with Crippen LogP contribution in [0.4, 0.5) is 0 Å². The highest BCUT2D eigenvalue weighted by Gasteiger charge is 2.28. The van der Waals surface area contributed by atoms with E-state index in [1.54, 1.807) is 0 Å². The molecule has 0 bridgehead atoms. The fraction of sp³-hybridized carbons (Fsp3) is 0.677. The van der Waals surface area contributed by atoms with Crippen LogP contribution in [0.5, 0.6) is 0 Å². The van der Waals surface area contributed by atoms with Gasteiger partial charge in [0.25, 0.3) is 0 Å². The molecule has 2 aliphatic heterocycles. The summed E-state index contributed by atoms with van der Waals surface area (Å²) >= 11 is 0. The van der Waals surface area contributed by atoms with Gasteiger partial charge in [-0.15, -0.1) is 0 Å². The van der Waals surface area contributed by atoms with Gasteiger partial charge in [-0.05, 0) is 90.1 Å². The lowest BCUT2D eigenvalue weighted by Gasteiger charge is -2.12. The van der Waals surface area contributed by atoms with Crippen molar-refractivity contribution < 1.29 is 18.5 Å². The highest BCUT2D eigenvalue weighted by molar-refractivity contribution is 5.79. The predicted molar refractivity (Wildman–Crippen MR) is 156 cm³/mol. The molecule has 2 fully saturated rings. The largest absolute Gasteiger partial charge is 0.542 e. The van der Waals surface area contributed by atoms with Crippen LogP contribution in [0.1, 0.15) is 107 Å². The first-order chi connectivity index (χ1) is 18.3. The number of aromatic nitrogens is 1. The maximum Gasteiger partial charge on any atom is 0.542 e. The number of hydrogen-bond acceptors (Lipinski definition) is 6. The van der Waals surface area contributed by atoms with Gasteiger partial charge in [0, 0.05) is 31.3 Å². The molecule has 0 radical (unpaired) electrons. The van der Waals surface area contributed by atoms with Crippen LogP contribution < -0.4 is 16.5 Å². The first-order valence-electron chi connectivity index (χ1n) is 14.2. The minimum atomic E-state index is -0.721. The SMILES string of the molecule is CC(C)=CCC1NC(=O)C[C@@H]1C.CC(C)=CCCC(C)Cc1noc(=O)o1.CC(C)=CC[C@H]1NC(=O)C[C@@H]1C. The molecule has 2 unspecified atom stereocenters. The summed E-state index contributed by atoms with van der Waals surface area (Å²) in [6, 6.07) is 0.736. The lowest BCUT2D eigenvalue weighted by Crippen LogP contribution is -2.27. The fourth-order valence-electron chi connectivity index (χ4n) is 4.35. The smallest absolute Gasteiger partial charge is 0.375 e. The van der Waals surface area contributed by atoms with E-state index in [-0.39, 0.29) is 11.8 Å². The van der Waals surface area contributed by atoms with Crippen molar-refractivity contribution in [2.45, 2.75) is 119 Å². The van der Waals surface area contributed by atoms with E-state index in [1.165, 1.54) is 16.7 Å². The summed E-state index contributed by atoms with van der Waals surface area (Å²) in [5, 5.41) is 9.48. The molecule has 220 valence electrons. The van der Waals surface area contributed by atoms with Gasteiger partial charge in [0.15, 0.2) is 0 Å². The van der Waals surface area contributed by atoms with Crippen LogP contribution in [0.3, 0.4) is 0 Å². The molecule has 0 aromatic carbocycles. The Morgan fingerprint density at radius 3 is 1.64 bits per heavy atom. The van der Waals surface area contributed by atoms with Crippen LogP contribution in [0.15, 0.2) is 48.7 Å². The van der Waals surface area contributed by atoms with Gasteiger partial charge in [-0.2, -0.15) is 0 Å². The third kappa shape index (κ3) is 15.3. The first-order valence-corrected chi connectivity index (χ1v) is 14.2. The fourth-order valence-corrected chi connectivity index (χ4v) is 4.35. The number of amides is 2. The van der Waals surface area contributed by atoms with E-state index in [2.05, 4.69) is 101 Å². The number of carbonyl (C=O) groups excluding carboxylic acids is 2. The molecule has 0 saturated carbocycles. The van der Waals surface area contributed by atoms with E-state index in [1.807, 2.05) is 0 Å². The highest BCUT2D eigenvalue weighted by Crippen LogP contribution is 2.20. The molecule has 2 aliphatic rings. The average Bonchev–Trinajstić information content (AvgIpc) is 3.48. The summed E-state index contributed by atoms with van der Waals surface area (Å²) in [5.74, 6) is 1.51. The molecule has 5 atom stereocenters. The molecule has 1 aromatic rings. The van der Waals surface area contributed by atoms with Gasteiger partial charge < -0.3 is 15.1 Å². The molecule has 0 spiro atoms. The van der Waals surface area contributed by atoms with Crippen LogP contribution in [0.2, 0.25) is 0 Å². The minimum Gasteiger partial charge on any atom is -0.375 e. The van der Waals surface area contributed by atoms with E-state index < -0.39 is 5.82 Å². The van der Waals surface area contributed by atoms with Crippen LogP contribution >= 0.6 is 0 Å². The zero-order chi connectivity index (χ0) is 29.5. The van der Waals surface area contributed by atoms with Crippen molar-refractivity contribution in [3.05, 3.63) is 51.5 Å². The Kier molecular flexibility index (Phi) is 15.4. The summed E-state index contributed by atoms with van der Waals surface area (Å²) in [5.41, 5.74) is 3.97. The molecule has 8 nitrogen and oxygen atoms in total. The second-order valence-electron chi connectivity index (χ2n) is 11.8. The van der Waals surface area contributed by atoms with Crippen LogP contribution in [-0.4, -0.2) is 29.1 Å². The van der Waals surface area contributed by atoms with E-state index in [0.717, 1.165) is 25.7 Å². The summed E-state index contributed by atoms with van der Waals surface area (Å²) in [6.45, 7) is 18.9. The monoisotopic (exact) mass is 545 g/mol. The molecule has 1 aromatic heterocycles. The molecule has 3 heterocycles. The van der Waals surface area contributed by atoms with Gasteiger partial charge in [-0.25, -0.2) is 4.79 Å². The van der Waals surface area contributed by atoms with E-state index in [0.29, 0.717) is 55.0 Å². The Morgan fingerprint density at radius 2 is 1.31 bits per heavy atom. The van der Waals surface area contributed by atoms with Crippen molar-refractivity contribution in [1.29, 1.82) is 0 Å². The van der Waals surface area contributed by atoms with Crippen LogP contribution in [0.25, 0.3) is 0 Å². The molecular formula is C31H51N3O5. The standard InChI is InChI=1S/C11H17NO3.2C10H17NO/c1-8(2)5-4-6-9(3)7-10-12-15-11(13)14-10;2*1-7(2)4-5-9-8(3)6-10(12)11-9/h5,9H,4,6-7H2,1-3H3;2*4,8-9H,5-6H2,1-3H3,(H,11,12)/t;8-,9?;8-,9+/m.00/s1. The Morgan fingerprint density at radius 1 is 0.846 bits per heavy atom. The van der Waals surface area contributed by atoms with Gasteiger partial charge in [-0.3, -0.25) is 14.1 Å². The Hall–Kier alpha value is -2.90. The number of rotatable bonds is 9. The molecular weight excluding hydrogens is 494 g/mol. The second-order valence-corrected chi connectivity index (χ2v) is 11.8. The van der Waals surface area contributed by atoms with Crippen molar-refractivity contribution in [2.75, 3.05) is 0 Å². The summed E-state index contributed by atoms with van der Waals surface area (Å²) in [6.07, 6.45) is 12.7. The zero-order valence-corrected chi connectivity index (χ0v) is 25.6. The van der Waals surface area contributed by atoms with E-state index in [4.69, 9.17) is 4.42 Å². The molecule has 3 rings (SSSR count). The lowest BCUT2D eigenvalue weighted by atomic mass is 10.00. The first kappa shape index (κ1) is 34.1. The van der Waals surface area contributed by atoms with Crippen molar-refractivity contribution in [3.8, 4) is 0 Å². The quantitative estimate of drug-likeness (QED) is 0.353. The Labute approximate surface area is 234 Å². The zero-order valence-electron chi connectivity index (χ0n) is 25.6. The van der Waals surface area contributed by atoms with Crippen LogP contribution in [0, 0.1) is 17.8 Å². The highest BCUT2D eigenvalue weighted by atomic mass is 16.6. The van der Waals surface area contributed by atoms with Crippen molar-refractivity contribution in [2.24, 2.45) is 17.8 Å². The van der Waals surface area contributed by atoms with Gasteiger partial charge in [-0.1, -0.05) is 55.7 Å². The molecule has 2 N–H and O–H groups in total. The number of hydrogen-bond donors (Lipinski definition) is 2. The third-order valence-electron chi connectivity index (χ3n) is 6.80. The van der Waals surface area contributed by atoms with Crippen LogP contribution in [-0.2, 0) is 16.0 Å². The molecule has 39 heavy (non-hydrogen) atoms. The third-order valence-corrected chi connectivity index (χ3v) is 6.80. The molecule has 0 aliphatic carbocycles. The topological polar surface area (TPSA) is 114 Å². The average molecular weight is 546 g/mol. The maximum atomic E-state index is 11.0. The number of allylic oxidation sites excluding steroid dienone is 4. The Bertz CT molecular complexity index is 991. The van der Waals surface area contributed by atoms with Gasteiger partial charge in [0.2, 0.25) is 17.7 Å². The number of nitrogens with one attached hydrogen (secondary N) is 2. The predicted octanol–water partition coefficient (Wildman–Crippen LogP) is 6.29. The molecule has 2 amide bonds. The van der Waals surface area contributed by atoms with Gasteiger partial charge >= 0.3 is 5.82 Å². The molecule has 2 saturated heterocycles. The number of nitrogens with zero attached hydrogens (tertiary/aromatic N) is 1. The van der Waals surface area contributed by atoms with E-state index in [9.17, 15) is 14.4 Å². The normalized spacial score (nSPS) is 22.3. The van der Waals surface area contributed by atoms with Gasteiger partial charge in [0.1, 0.15) is 0 Å². The number of carbonyl (C=O) groups is 2. The summed E-state index contributed by atoms with van der Waals surface area (Å²) in [4.78, 5) is 32.5. The van der Waals surface area contributed by atoms with Gasteiger partial charge in [0.05, 0.1) is 0 Å². The summed E-state index contributed by atoms with van der Waals surface area (Å²) < 4.78 is 9.06. The maximum absolute atomic E-state index is 11.0. The van der Waals surface area contributed by atoms with Crippen molar-refractivity contribution in [3.63, 3.8) is 0 Å². The van der Waals surface area contributed by atoms with Crippen molar-refractivity contribution in [1.82, 2.24) is 15.8 Å². The molecule has 8 heteroatoms. The van der Waals surface area contributed by atoms with E-state index >= 15 is 0 Å². The second kappa shape index (κ2) is 17.6. The van der Waals surface area contributed by atoms with Crippen molar-refractivity contribution >= 4 is 11.8 Å². The summed E-state index contributed by atoms with van der Waals surface area (Å²) in [7, 11) is 0. The minimum absolute atomic E-state index is 0.203. The Balaban J connectivity index is 0.000000295. The lowest BCUT2D eigenvalue weighted by molar-refractivity contribution is -0.120.